The van der Waals surface area contributed by atoms with Crippen molar-refractivity contribution < 1.29 is 5.11 Å². The summed E-state index contributed by atoms with van der Waals surface area (Å²) in [6.45, 7) is 7.18. The Bertz CT molecular complexity index is 366. The van der Waals surface area contributed by atoms with E-state index in [0.717, 1.165) is 10.7 Å². The first-order valence-corrected chi connectivity index (χ1v) is 7.19. The predicted octanol–water partition coefficient (Wildman–Crippen LogP) is 2.10. The van der Waals surface area contributed by atoms with Crippen LogP contribution in [0.4, 0.5) is 0 Å². The van der Waals surface area contributed by atoms with Gasteiger partial charge in [0.25, 0.3) is 0 Å². The average Bonchev–Trinajstić information content (AvgIpc) is 2.93. The fourth-order valence-corrected chi connectivity index (χ4v) is 2.71. The molecule has 1 atom stereocenters. The second-order valence-corrected chi connectivity index (χ2v) is 6.86. The lowest BCUT2D eigenvalue weighted by molar-refractivity contribution is 0.171. The summed E-state index contributed by atoms with van der Waals surface area (Å²) in [5.41, 5.74) is 1.23. The van der Waals surface area contributed by atoms with Crippen molar-refractivity contribution in [2.45, 2.75) is 57.6 Å². The Labute approximate surface area is 107 Å². The van der Waals surface area contributed by atoms with Gasteiger partial charge in [0.2, 0.25) is 0 Å². The molecular weight excluding hydrogens is 232 g/mol. The normalized spacial score (nSPS) is 18.4. The van der Waals surface area contributed by atoms with E-state index in [1.807, 2.05) is 0 Å². The summed E-state index contributed by atoms with van der Waals surface area (Å²) in [5, 5.41) is 16.4. The predicted molar refractivity (Wildman–Crippen MR) is 71.5 cm³/mol. The quantitative estimate of drug-likeness (QED) is 0.846. The molecule has 0 aromatic carbocycles. The van der Waals surface area contributed by atoms with E-state index in [0.29, 0.717) is 19.0 Å². The number of hydrogen-bond donors (Lipinski definition) is 2. The molecule has 1 fully saturated rings. The molecule has 0 radical (unpaired) electrons. The monoisotopic (exact) mass is 254 g/mol. The molecule has 17 heavy (non-hydrogen) atoms. The zero-order valence-electron chi connectivity index (χ0n) is 10.9. The van der Waals surface area contributed by atoms with Crippen LogP contribution in [0.25, 0.3) is 0 Å². The van der Waals surface area contributed by atoms with Gasteiger partial charge in [-0.2, -0.15) is 0 Å². The Hall–Kier alpha value is -0.450. The maximum absolute atomic E-state index is 9.90. The highest BCUT2D eigenvalue weighted by molar-refractivity contribution is 7.09. The number of nitrogens with one attached hydrogen (secondary N) is 1. The van der Waals surface area contributed by atoms with E-state index in [9.17, 15) is 5.11 Å². The van der Waals surface area contributed by atoms with E-state index in [1.54, 1.807) is 11.3 Å². The second-order valence-electron chi connectivity index (χ2n) is 5.92. The Morgan fingerprint density at radius 1 is 1.53 bits per heavy atom. The number of aliphatic hydroxyl groups excluding tert-OH is 1. The van der Waals surface area contributed by atoms with Crippen LogP contribution in [-0.4, -0.2) is 28.8 Å². The minimum Gasteiger partial charge on any atom is -0.391 e. The van der Waals surface area contributed by atoms with E-state index in [2.05, 4.69) is 36.5 Å². The molecule has 1 aromatic heterocycles. The Balaban J connectivity index is 1.82. The Morgan fingerprint density at radius 2 is 2.24 bits per heavy atom. The molecule has 0 spiro atoms. The van der Waals surface area contributed by atoms with Gasteiger partial charge in [0, 0.05) is 29.8 Å². The van der Waals surface area contributed by atoms with E-state index in [4.69, 9.17) is 0 Å². The molecule has 1 aliphatic rings. The molecule has 2 N–H and O–H groups in total. The molecule has 1 heterocycles. The van der Waals surface area contributed by atoms with Gasteiger partial charge in [-0.05, 0) is 12.8 Å². The third kappa shape index (κ3) is 4.05. The molecule has 1 saturated carbocycles. The summed E-state index contributed by atoms with van der Waals surface area (Å²) in [6.07, 6.45) is 2.88. The maximum Gasteiger partial charge on any atom is 0.0954 e. The van der Waals surface area contributed by atoms with Crippen LogP contribution >= 0.6 is 11.3 Å². The molecule has 0 amide bonds. The van der Waals surface area contributed by atoms with Gasteiger partial charge in [-0.15, -0.1) is 11.3 Å². The highest BCUT2D eigenvalue weighted by Gasteiger charge is 2.22. The van der Waals surface area contributed by atoms with Gasteiger partial charge < -0.3 is 10.4 Å². The van der Waals surface area contributed by atoms with Crippen LogP contribution in [0.5, 0.6) is 0 Å². The highest BCUT2D eigenvalue weighted by atomic mass is 32.1. The van der Waals surface area contributed by atoms with E-state index in [1.165, 1.54) is 12.8 Å². The van der Waals surface area contributed by atoms with Gasteiger partial charge in [-0.1, -0.05) is 20.8 Å². The molecule has 1 aromatic rings. The lowest BCUT2D eigenvalue weighted by Gasteiger charge is -2.14. The molecule has 0 saturated heterocycles. The van der Waals surface area contributed by atoms with Gasteiger partial charge in [0.1, 0.15) is 0 Å². The van der Waals surface area contributed by atoms with Crippen LogP contribution < -0.4 is 5.32 Å². The zero-order chi connectivity index (χ0) is 12.5. The van der Waals surface area contributed by atoms with Crippen LogP contribution in [0.2, 0.25) is 0 Å². The standard InChI is InChI=1S/C13H22N2OS/c1-13(2,3)11-8-17-12(15-11)6-10(16)7-14-9-4-5-9/h8-10,14,16H,4-7H2,1-3H3. The molecule has 3 nitrogen and oxygen atoms in total. The minimum absolute atomic E-state index is 0.103. The van der Waals surface area contributed by atoms with Gasteiger partial charge in [-0.25, -0.2) is 4.98 Å². The summed E-state index contributed by atoms with van der Waals surface area (Å²) in [5.74, 6) is 0. The van der Waals surface area contributed by atoms with Gasteiger partial charge in [0.05, 0.1) is 16.8 Å². The highest BCUT2D eigenvalue weighted by Crippen LogP contribution is 2.24. The molecule has 0 aliphatic heterocycles. The SMILES string of the molecule is CC(C)(C)c1csc(CC(O)CNC2CC2)n1. The molecular formula is C13H22N2OS. The smallest absolute Gasteiger partial charge is 0.0954 e. The van der Waals surface area contributed by atoms with E-state index >= 15 is 0 Å². The van der Waals surface area contributed by atoms with Crippen LogP contribution in [0, 0.1) is 0 Å². The lowest BCUT2D eigenvalue weighted by Crippen LogP contribution is -2.29. The van der Waals surface area contributed by atoms with Gasteiger partial charge in [0.15, 0.2) is 0 Å². The molecule has 0 bridgehead atoms. The number of thiazole rings is 1. The van der Waals surface area contributed by atoms with Crippen molar-refractivity contribution in [2.24, 2.45) is 0 Å². The number of aromatic nitrogens is 1. The summed E-state index contributed by atoms with van der Waals surface area (Å²) in [4.78, 5) is 4.59. The van der Waals surface area contributed by atoms with E-state index < -0.39 is 0 Å². The average molecular weight is 254 g/mol. The first kappa shape index (κ1) is 13.0. The Kier molecular flexibility index (Phi) is 3.85. The first-order valence-electron chi connectivity index (χ1n) is 6.31. The molecule has 1 unspecified atom stereocenters. The topological polar surface area (TPSA) is 45.1 Å². The summed E-state index contributed by atoms with van der Waals surface area (Å²) in [7, 11) is 0. The van der Waals surface area contributed by atoms with Crippen molar-refractivity contribution in [2.75, 3.05) is 6.54 Å². The van der Waals surface area contributed by atoms with Crippen molar-refractivity contribution in [3.8, 4) is 0 Å². The number of aliphatic hydroxyl groups is 1. The van der Waals surface area contributed by atoms with Crippen LogP contribution in [0.3, 0.4) is 0 Å². The van der Waals surface area contributed by atoms with E-state index in [-0.39, 0.29) is 11.5 Å². The molecule has 4 heteroatoms. The summed E-state index contributed by atoms with van der Waals surface area (Å²) in [6, 6.07) is 0.658. The van der Waals surface area contributed by atoms with Gasteiger partial charge >= 0.3 is 0 Å². The summed E-state index contributed by atoms with van der Waals surface area (Å²) < 4.78 is 0. The van der Waals surface area contributed by atoms with Crippen molar-refractivity contribution in [3.05, 3.63) is 16.1 Å². The second kappa shape index (κ2) is 5.04. The number of hydrogen-bond acceptors (Lipinski definition) is 4. The van der Waals surface area contributed by atoms with Crippen LogP contribution in [0.15, 0.2) is 5.38 Å². The molecule has 2 rings (SSSR count). The van der Waals surface area contributed by atoms with Crippen molar-refractivity contribution >= 4 is 11.3 Å². The first-order chi connectivity index (χ1) is 7.95. The third-order valence-electron chi connectivity index (χ3n) is 2.95. The largest absolute Gasteiger partial charge is 0.391 e. The fraction of sp³-hybridized carbons (Fsp3) is 0.769. The molecule has 1 aliphatic carbocycles. The Morgan fingerprint density at radius 3 is 2.76 bits per heavy atom. The van der Waals surface area contributed by atoms with Crippen molar-refractivity contribution in [1.82, 2.24) is 10.3 Å². The van der Waals surface area contributed by atoms with Crippen molar-refractivity contribution in [1.29, 1.82) is 0 Å². The minimum atomic E-state index is -0.311. The fourth-order valence-electron chi connectivity index (χ4n) is 1.61. The maximum atomic E-state index is 9.90. The molecule has 96 valence electrons. The zero-order valence-corrected chi connectivity index (χ0v) is 11.7. The number of rotatable bonds is 5. The lowest BCUT2D eigenvalue weighted by atomic mass is 9.93. The summed E-state index contributed by atoms with van der Waals surface area (Å²) >= 11 is 1.66. The van der Waals surface area contributed by atoms with Gasteiger partial charge in [-0.3, -0.25) is 0 Å². The van der Waals surface area contributed by atoms with Crippen LogP contribution in [0.1, 0.15) is 44.3 Å². The number of nitrogens with zero attached hydrogens (tertiary/aromatic N) is 1. The van der Waals surface area contributed by atoms with Crippen molar-refractivity contribution in [3.63, 3.8) is 0 Å². The van der Waals surface area contributed by atoms with Crippen LogP contribution in [-0.2, 0) is 11.8 Å². The third-order valence-corrected chi connectivity index (χ3v) is 3.82.